The Morgan fingerprint density at radius 1 is 1.36 bits per heavy atom. The van der Waals surface area contributed by atoms with Gasteiger partial charge in [0.05, 0.1) is 12.2 Å². The minimum absolute atomic E-state index is 0.147. The summed E-state index contributed by atoms with van der Waals surface area (Å²) >= 11 is 0. The van der Waals surface area contributed by atoms with E-state index in [2.05, 4.69) is 0 Å². The van der Waals surface area contributed by atoms with Crippen LogP contribution >= 0.6 is 7.80 Å². The van der Waals surface area contributed by atoms with E-state index in [9.17, 15) is 4.57 Å². The van der Waals surface area contributed by atoms with Gasteiger partial charge in [-0.15, -0.1) is 0 Å². The quantitative estimate of drug-likeness (QED) is 0.621. The van der Waals surface area contributed by atoms with Gasteiger partial charge < -0.3 is 4.57 Å². The lowest BCUT2D eigenvalue weighted by molar-refractivity contribution is 0.595. The largest absolute Gasteiger partial charge is 0.321 e. The van der Waals surface area contributed by atoms with Gasteiger partial charge in [-0.1, -0.05) is 30.3 Å². The second kappa shape index (κ2) is 3.95. The molecular formula is C8H8NOP. The molecule has 3 heteroatoms. The highest BCUT2D eigenvalue weighted by atomic mass is 31.1. The molecule has 0 amide bonds. The minimum atomic E-state index is -1.83. The van der Waals surface area contributed by atoms with Gasteiger partial charge in [-0.05, 0) is 0 Å². The summed E-state index contributed by atoms with van der Waals surface area (Å²) in [5, 5.41) is 9.06. The monoisotopic (exact) mass is 165 g/mol. The molecule has 0 N–H and O–H groups in total. The standard InChI is InChI=1S/C8H8NOP/c9-6-7-11(10)8-4-2-1-3-5-8/h1-5,11H,7H2. The molecule has 0 fully saturated rings. The van der Waals surface area contributed by atoms with Gasteiger partial charge in [-0.2, -0.15) is 5.26 Å². The zero-order valence-corrected chi connectivity index (χ0v) is 6.95. The smallest absolute Gasteiger partial charge is 0.117 e. The van der Waals surface area contributed by atoms with Gasteiger partial charge in [0.1, 0.15) is 7.80 Å². The van der Waals surface area contributed by atoms with Crippen LogP contribution < -0.4 is 5.30 Å². The minimum Gasteiger partial charge on any atom is -0.321 e. The fraction of sp³-hybridized carbons (Fsp3) is 0.125. The molecule has 1 aromatic carbocycles. The van der Waals surface area contributed by atoms with Crippen LogP contribution in [0.3, 0.4) is 0 Å². The Kier molecular flexibility index (Phi) is 2.89. The highest BCUT2D eigenvalue weighted by molar-refractivity contribution is 7.53. The van der Waals surface area contributed by atoms with Crippen molar-refractivity contribution in [2.24, 2.45) is 0 Å². The van der Waals surface area contributed by atoms with E-state index in [-0.39, 0.29) is 6.16 Å². The first-order chi connectivity index (χ1) is 5.34. The summed E-state index contributed by atoms with van der Waals surface area (Å²) < 4.78 is 11.2. The fourth-order valence-corrected chi connectivity index (χ4v) is 1.71. The Morgan fingerprint density at radius 3 is 2.55 bits per heavy atom. The molecule has 1 unspecified atom stereocenters. The molecule has 0 aliphatic heterocycles. The van der Waals surface area contributed by atoms with Gasteiger partial charge in [-0.3, -0.25) is 0 Å². The summed E-state index contributed by atoms with van der Waals surface area (Å²) in [5.74, 6) is 0. The zero-order chi connectivity index (χ0) is 8.10. The summed E-state index contributed by atoms with van der Waals surface area (Å²) in [7, 11) is -1.83. The zero-order valence-electron chi connectivity index (χ0n) is 5.95. The third kappa shape index (κ3) is 2.22. The van der Waals surface area contributed by atoms with E-state index in [4.69, 9.17) is 5.26 Å². The van der Waals surface area contributed by atoms with E-state index in [1.165, 1.54) is 0 Å². The average molecular weight is 165 g/mol. The highest BCUT2D eigenvalue weighted by Crippen LogP contribution is 2.17. The summed E-state index contributed by atoms with van der Waals surface area (Å²) in [6.07, 6.45) is 0.147. The van der Waals surface area contributed by atoms with Crippen LogP contribution in [-0.4, -0.2) is 6.16 Å². The van der Waals surface area contributed by atoms with Crippen LogP contribution in [-0.2, 0) is 4.57 Å². The predicted octanol–water partition coefficient (Wildman–Crippen LogP) is 1.40. The van der Waals surface area contributed by atoms with Crippen molar-refractivity contribution in [2.45, 2.75) is 0 Å². The van der Waals surface area contributed by atoms with Crippen LogP contribution in [0.5, 0.6) is 0 Å². The Labute approximate surface area is 66.3 Å². The first kappa shape index (κ1) is 8.04. The molecule has 0 aliphatic rings. The van der Waals surface area contributed by atoms with Gasteiger partial charge in [0, 0.05) is 5.30 Å². The Bertz CT molecular complexity index is 289. The van der Waals surface area contributed by atoms with Crippen LogP contribution in [0, 0.1) is 11.3 Å². The molecule has 0 saturated carbocycles. The maximum Gasteiger partial charge on any atom is 0.117 e. The third-order valence-corrected chi connectivity index (χ3v) is 2.79. The molecule has 0 bridgehead atoms. The summed E-state index contributed by atoms with van der Waals surface area (Å²) in [5.41, 5.74) is 0. The van der Waals surface area contributed by atoms with E-state index >= 15 is 0 Å². The fourth-order valence-electron chi connectivity index (χ4n) is 0.798. The number of nitrogens with zero attached hydrogens (tertiary/aromatic N) is 1. The average Bonchev–Trinajstić information content (AvgIpc) is 2.07. The van der Waals surface area contributed by atoms with E-state index in [0.29, 0.717) is 0 Å². The summed E-state index contributed by atoms with van der Waals surface area (Å²) in [6, 6.07) is 11.0. The topological polar surface area (TPSA) is 40.9 Å². The molecule has 11 heavy (non-hydrogen) atoms. The van der Waals surface area contributed by atoms with Crippen molar-refractivity contribution in [3.63, 3.8) is 0 Å². The summed E-state index contributed by atoms with van der Waals surface area (Å²) in [6.45, 7) is 0. The van der Waals surface area contributed by atoms with Gasteiger partial charge in [0.15, 0.2) is 0 Å². The molecule has 0 aliphatic carbocycles. The number of nitriles is 1. The molecule has 2 nitrogen and oxygen atoms in total. The SMILES string of the molecule is N#CC[PH](=O)c1ccccc1. The van der Waals surface area contributed by atoms with Gasteiger partial charge >= 0.3 is 0 Å². The first-order valence-electron chi connectivity index (χ1n) is 3.30. The van der Waals surface area contributed by atoms with Crippen molar-refractivity contribution in [3.05, 3.63) is 30.3 Å². The molecule has 1 rings (SSSR count). The second-order valence-corrected chi connectivity index (χ2v) is 3.90. The molecule has 1 aromatic rings. The predicted molar refractivity (Wildman–Crippen MR) is 45.6 cm³/mol. The van der Waals surface area contributed by atoms with E-state index in [1.807, 2.05) is 24.3 Å². The molecule has 1 atom stereocenters. The Balaban J connectivity index is 2.79. The maximum absolute atomic E-state index is 11.2. The Hall–Kier alpha value is -1.06. The molecule has 0 aromatic heterocycles. The van der Waals surface area contributed by atoms with Crippen LogP contribution in [0.2, 0.25) is 0 Å². The first-order valence-corrected chi connectivity index (χ1v) is 4.91. The van der Waals surface area contributed by atoms with Gasteiger partial charge in [0.2, 0.25) is 0 Å². The van der Waals surface area contributed by atoms with E-state index < -0.39 is 7.80 Å². The number of hydrogen-bond donors (Lipinski definition) is 0. The molecule has 0 radical (unpaired) electrons. The Morgan fingerprint density at radius 2 is 2.00 bits per heavy atom. The van der Waals surface area contributed by atoms with Crippen molar-refractivity contribution in [1.82, 2.24) is 0 Å². The molecule has 0 heterocycles. The lowest BCUT2D eigenvalue weighted by Crippen LogP contribution is -1.94. The summed E-state index contributed by atoms with van der Waals surface area (Å²) in [4.78, 5) is 0. The van der Waals surface area contributed by atoms with Gasteiger partial charge in [0.25, 0.3) is 0 Å². The maximum atomic E-state index is 11.2. The van der Waals surface area contributed by atoms with Crippen LogP contribution in [0.25, 0.3) is 0 Å². The second-order valence-electron chi connectivity index (χ2n) is 2.12. The van der Waals surface area contributed by atoms with Crippen molar-refractivity contribution < 1.29 is 4.57 Å². The van der Waals surface area contributed by atoms with Crippen LogP contribution in [0.4, 0.5) is 0 Å². The number of rotatable bonds is 2. The van der Waals surface area contributed by atoms with Crippen molar-refractivity contribution in [1.29, 1.82) is 5.26 Å². The van der Waals surface area contributed by atoms with Gasteiger partial charge in [-0.25, -0.2) is 0 Å². The van der Waals surface area contributed by atoms with E-state index in [1.54, 1.807) is 12.1 Å². The van der Waals surface area contributed by atoms with Crippen molar-refractivity contribution in [3.8, 4) is 6.07 Å². The third-order valence-electron chi connectivity index (χ3n) is 1.34. The number of benzene rings is 1. The highest BCUT2D eigenvalue weighted by Gasteiger charge is 1.99. The van der Waals surface area contributed by atoms with Crippen LogP contribution in [0.15, 0.2) is 30.3 Å². The van der Waals surface area contributed by atoms with E-state index in [0.717, 1.165) is 5.30 Å². The van der Waals surface area contributed by atoms with Crippen molar-refractivity contribution in [2.75, 3.05) is 6.16 Å². The van der Waals surface area contributed by atoms with Crippen LogP contribution in [0.1, 0.15) is 0 Å². The lowest BCUT2D eigenvalue weighted by Gasteiger charge is -1.94. The molecule has 56 valence electrons. The molecule has 0 saturated heterocycles. The lowest BCUT2D eigenvalue weighted by atomic mass is 10.4. The number of hydrogen-bond acceptors (Lipinski definition) is 2. The molecule has 0 spiro atoms. The van der Waals surface area contributed by atoms with Crippen molar-refractivity contribution >= 4 is 13.1 Å². The normalized spacial score (nSPS) is 11.9. The molecular weight excluding hydrogens is 157 g/mol.